The van der Waals surface area contributed by atoms with Gasteiger partial charge in [-0.15, -0.1) is 0 Å². The molecule has 1 aromatic heterocycles. The van der Waals surface area contributed by atoms with Gasteiger partial charge in [-0.1, -0.05) is 56.6 Å². The number of hydrogen-bond donors (Lipinski definition) is 1. The predicted octanol–water partition coefficient (Wildman–Crippen LogP) is 5.19. The summed E-state index contributed by atoms with van der Waals surface area (Å²) in [6, 6.07) is 8.17. The van der Waals surface area contributed by atoms with Gasteiger partial charge in [0.1, 0.15) is 6.04 Å². The van der Waals surface area contributed by atoms with E-state index in [9.17, 15) is 4.79 Å². The van der Waals surface area contributed by atoms with Crippen molar-refractivity contribution in [3.8, 4) is 0 Å². The fourth-order valence-electron chi connectivity index (χ4n) is 2.91. The minimum atomic E-state index is -0.402. The molecule has 0 saturated heterocycles. The maximum Gasteiger partial charge on any atom is 0.245 e. The van der Waals surface area contributed by atoms with Gasteiger partial charge in [0.25, 0.3) is 0 Å². The first-order valence-corrected chi connectivity index (χ1v) is 9.36. The third-order valence-electron chi connectivity index (χ3n) is 4.98. The zero-order valence-corrected chi connectivity index (χ0v) is 16.5. The molecule has 0 spiro atoms. The van der Waals surface area contributed by atoms with Crippen molar-refractivity contribution in [2.75, 3.05) is 0 Å². The van der Waals surface area contributed by atoms with E-state index in [2.05, 4.69) is 55.5 Å². The van der Waals surface area contributed by atoms with Crippen LogP contribution in [0.2, 0.25) is 5.02 Å². The Morgan fingerprint density at radius 1 is 1.16 bits per heavy atom. The molecule has 4 nitrogen and oxygen atoms in total. The molecular formula is C20H28ClN3O. The van der Waals surface area contributed by atoms with Crippen molar-refractivity contribution in [2.45, 2.75) is 65.5 Å². The van der Waals surface area contributed by atoms with Crippen LogP contribution in [0.3, 0.4) is 0 Å². The number of nitrogens with one attached hydrogen (secondary N) is 1. The quantitative estimate of drug-likeness (QED) is 0.737. The summed E-state index contributed by atoms with van der Waals surface area (Å²) < 4.78 is 1.66. The zero-order chi connectivity index (χ0) is 18.6. The fraction of sp³-hybridized carbons (Fsp3) is 0.500. The van der Waals surface area contributed by atoms with E-state index in [1.165, 1.54) is 5.56 Å². The average Bonchev–Trinajstić information content (AvgIpc) is 2.97. The number of nitrogens with zero attached hydrogens (tertiary/aromatic N) is 2. The normalized spacial score (nSPS) is 14.8. The molecule has 1 amide bonds. The van der Waals surface area contributed by atoms with E-state index in [-0.39, 0.29) is 11.9 Å². The summed E-state index contributed by atoms with van der Waals surface area (Å²) in [5.74, 6) is 0.497. The topological polar surface area (TPSA) is 46.9 Å². The molecule has 0 bridgehead atoms. The molecule has 1 N–H and O–H groups in total. The maximum atomic E-state index is 12.7. The Kier molecular flexibility index (Phi) is 6.65. The SMILES string of the molecule is CCC(C)c1ccc(C(CC)NC(=O)C(C)n2ncc(Cl)c2C)cc1. The van der Waals surface area contributed by atoms with Crippen LogP contribution in [-0.2, 0) is 4.79 Å². The number of amides is 1. The first-order valence-electron chi connectivity index (χ1n) is 8.98. The number of rotatable bonds is 7. The van der Waals surface area contributed by atoms with Crippen molar-refractivity contribution in [3.63, 3.8) is 0 Å². The van der Waals surface area contributed by atoms with Crippen LogP contribution in [-0.4, -0.2) is 15.7 Å². The summed E-state index contributed by atoms with van der Waals surface area (Å²) in [7, 11) is 0. The molecule has 1 heterocycles. The minimum absolute atomic E-state index is 0.00715. The van der Waals surface area contributed by atoms with Gasteiger partial charge in [-0.3, -0.25) is 9.48 Å². The second-order valence-corrected chi connectivity index (χ2v) is 7.05. The van der Waals surface area contributed by atoms with Crippen molar-refractivity contribution in [1.82, 2.24) is 15.1 Å². The van der Waals surface area contributed by atoms with Gasteiger partial charge in [0.2, 0.25) is 5.91 Å². The van der Waals surface area contributed by atoms with E-state index in [0.717, 1.165) is 24.1 Å². The molecule has 0 saturated carbocycles. The molecule has 0 fully saturated rings. The Balaban J connectivity index is 2.10. The lowest BCUT2D eigenvalue weighted by molar-refractivity contribution is -0.125. The standard InChI is InChI=1S/C20H28ClN3O/c1-6-13(3)16-8-10-17(11-9-16)19(7-2)23-20(25)15(5)24-14(4)18(21)12-22-24/h8-13,15,19H,6-7H2,1-5H3,(H,23,25). The van der Waals surface area contributed by atoms with Crippen LogP contribution in [0.25, 0.3) is 0 Å². The summed E-state index contributed by atoms with van der Waals surface area (Å²) in [4.78, 5) is 12.7. The first kappa shape index (κ1) is 19.5. The van der Waals surface area contributed by atoms with E-state index in [4.69, 9.17) is 11.6 Å². The van der Waals surface area contributed by atoms with Crippen LogP contribution < -0.4 is 5.32 Å². The van der Waals surface area contributed by atoms with Crippen LogP contribution in [0.15, 0.2) is 30.5 Å². The van der Waals surface area contributed by atoms with Crippen LogP contribution in [0.1, 0.15) is 75.4 Å². The Labute approximate surface area is 155 Å². The highest BCUT2D eigenvalue weighted by Gasteiger charge is 2.21. The van der Waals surface area contributed by atoms with E-state index >= 15 is 0 Å². The molecule has 0 aliphatic rings. The van der Waals surface area contributed by atoms with Crippen LogP contribution >= 0.6 is 11.6 Å². The van der Waals surface area contributed by atoms with Crippen molar-refractivity contribution in [1.29, 1.82) is 0 Å². The average molecular weight is 362 g/mol. The molecule has 3 unspecified atom stereocenters. The van der Waals surface area contributed by atoms with Gasteiger partial charge in [-0.25, -0.2) is 0 Å². The highest BCUT2D eigenvalue weighted by atomic mass is 35.5. The molecule has 25 heavy (non-hydrogen) atoms. The molecule has 5 heteroatoms. The largest absolute Gasteiger partial charge is 0.347 e. The number of benzene rings is 1. The summed E-state index contributed by atoms with van der Waals surface area (Å²) >= 11 is 6.04. The number of halogens is 1. The lowest BCUT2D eigenvalue weighted by atomic mass is 9.95. The molecule has 136 valence electrons. The highest BCUT2D eigenvalue weighted by Crippen LogP contribution is 2.24. The summed E-state index contributed by atoms with van der Waals surface area (Å²) in [5, 5.41) is 7.92. The predicted molar refractivity (Wildman–Crippen MR) is 103 cm³/mol. The molecule has 0 aliphatic carbocycles. The Morgan fingerprint density at radius 2 is 1.76 bits per heavy atom. The summed E-state index contributed by atoms with van der Waals surface area (Å²) in [5.41, 5.74) is 3.27. The minimum Gasteiger partial charge on any atom is -0.347 e. The molecular weight excluding hydrogens is 334 g/mol. The van der Waals surface area contributed by atoms with Crippen molar-refractivity contribution >= 4 is 17.5 Å². The molecule has 3 atom stereocenters. The van der Waals surface area contributed by atoms with Gasteiger partial charge in [0, 0.05) is 0 Å². The van der Waals surface area contributed by atoms with E-state index in [0.29, 0.717) is 10.9 Å². The third kappa shape index (κ3) is 4.43. The van der Waals surface area contributed by atoms with Crippen LogP contribution in [0.4, 0.5) is 0 Å². The number of aromatic nitrogens is 2. The van der Waals surface area contributed by atoms with E-state index < -0.39 is 6.04 Å². The molecule has 2 aromatic rings. The monoisotopic (exact) mass is 361 g/mol. The van der Waals surface area contributed by atoms with E-state index in [1.54, 1.807) is 10.9 Å². The zero-order valence-electron chi connectivity index (χ0n) is 15.7. The smallest absolute Gasteiger partial charge is 0.245 e. The third-order valence-corrected chi connectivity index (χ3v) is 5.35. The highest BCUT2D eigenvalue weighted by molar-refractivity contribution is 6.31. The number of carbonyl (C=O) groups is 1. The van der Waals surface area contributed by atoms with Gasteiger partial charge in [-0.05, 0) is 43.7 Å². The van der Waals surface area contributed by atoms with E-state index in [1.807, 2.05) is 13.8 Å². The molecule has 2 rings (SSSR count). The lowest BCUT2D eigenvalue weighted by Crippen LogP contribution is -2.34. The van der Waals surface area contributed by atoms with Gasteiger partial charge in [0.05, 0.1) is 23.0 Å². The van der Waals surface area contributed by atoms with Gasteiger partial charge < -0.3 is 5.32 Å². The van der Waals surface area contributed by atoms with Crippen molar-refractivity contribution < 1.29 is 4.79 Å². The Hall–Kier alpha value is -1.81. The number of hydrogen-bond acceptors (Lipinski definition) is 2. The molecule has 0 radical (unpaired) electrons. The fourth-order valence-corrected chi connectivity index (χ4v) is 3.04. The van der Waals surface area contributed by atoms with Crippen molar-refractivity contribution in [2.24, 2.45) is 0 Å². The Morgan fingerprint density at radius 3 is 2.24 bits per heavy atom. The summed E-state index contributed by atoms with van der Waals surface area (Å²) in [6.07, 6.45) is 3.53. The van der Waals surface area contributed by atoms with Gasteiger partial charge >= 0.3 is 0 Å². The second kappa shape index (κ2) is 8.52. The maximum absolute atomic E-state index is 12.7. The second-order valence-electron chi connectivity index (χ2n) is 6.64. The van der Waals surface area contributed by atoms with Gasteiger partial charge in [0.15, 0.2) is 0 Å². The number of carbonyl (C=O) groups excluding carboxylic acids is 1. The van der Waals surface area contributed by atoms with Crippen molar-refractivity contribution in [3.05, 3.63) is 52.3 Å². The summed E-state index contributed by atoms with van der Waals surface area (Å²) in [6.45, 7) is 10.2. The lowest BCUT2D eigenvalue weighted by Gasteiger charge is -2.22. The Bertz CT molecular complexity index is 708. The van der Waals surface area contributed by atoms with Gasteiger partial charge in [-0.2, -0.15) is 5.10 Å². The molecule has 1 aromatic carbocycles. The van der Waals surface area contributed by atoms with Crippen LogP contribution in [0, 0.1) is 6.92 Å². The first-order chi connectivity index (χ1) is 11.9. The molecule has 0 aliphatic heterocycles. The van der Waals surface area contributed by atoms with Crippen LogP contribution in [0.5, 0.6) is 0 Å².